The van der Waals surface area contributed by atoms with Gasteiger partial charge >= 0.3 is 0 Å². The lowest BCUT2D eigenvalue weighted by atomic mass is 9.67. The predicted octanol–water partition coefficient (Wildman–Crippen LogP) is 0.365. The summed E-state index contributed by atoms with van der Waals surface area (Å²) in [6.07, 6.45) is 3.72. The Hall–Kier alpha value is -1.75. The van der Waals surface area contributed by atoms with Crippen LogP contribution in [0.2, 0.25) is 0 Å². The smallest absolute Gasteiger partial charge is 0.239 e. The van der Waals surface area contributed by atoms with E-state index in [0.29, 0.717) is 0 Å². The number of pyridine rings is 1. The monoisotopic (exact) mass is 259 g/mol. The van der Waals surface area contributed by atoms with Gasteiger partial charge in [-0.15, -0.1) is 0 Å². The largest absolute Gasteiger partial charge is 0.317 e. The summed E-state index contributed by atoms with van der Waals surface area (Å²) in [7, 11) is 0. The second-order valence-corrected chi connectivity index (χ2v) is 5.26. The van der Waals surface area contributed by atoms with Crippen molar-refractivity contribution in [2.75, 3.05) is 13.1 Å². The van der Waals surface area contributed by atoms with Crippen LogP contribution in [0.15, 0.2) is 24.4 Å². The maximum atomic E-state index is 12.4. The number of rotatable bonds is 2. The second-order valence-electron chi connectivity index (χ2n) is 5.26. The van der Waals surface area contributed by atoms with Crippen LogP contribution >= 0.6 is 0 Å². The van der Waals surface area contributed by atoms with Crippen LogP contribution in [0.3, 0.4) is 0 Å². The Bertz CT molecular complexity index is 497. The molecule has 2 N–H and O–H groups in total. The summed E-state index contributed by atoms with van der Waals surface area (Å²) < 4.78 is 0. The first-order valence-electron chi connectivity index (χ1n) is 6.70. The van der Waals surface area contributed by atoms with E-state index in [1.807, 2.05) is 18.2 Å². The molecule has 0 aromatic carbocycles. The Morgan fingerprint density at radius 2 is 2.00 bits per heavy atom. The van der Waals surface area contributed by atoms with Crippen molar-refractivity contribution in [3.05, 3.63) is 30.1 Å². The standard InChI is InChI=1S/C14H17N3O2/c18-12-9-14(13(19)17-12,10-4-7-15-8-5-10)11-3-1-2-6-16-11/h1-3,6,10,15H,4-5,7-9H2,(H,17,18,19). The number of piperidine rings is 1. The van der Waals surface area contributed by atoms with E-state index in [1.54, 1.807) is 6.20 Å². The lowest BCUT2D eigenvalue weighted by Crippen LogP contribution is -2.47. The maximum Gasteiger partial charge on any atom is 0.239 e. The molecule has 1 unspecified atom stereocenters. The van der Waals surface area contributed by atoms with E-state index in [0.717, 1.165) is 31.6 Å². The molecule has 1 aromatic heterocycles. The molecule has 1 aromatic rings. The molecular formula is C14H17N3O2. The van der Waals surface area contributed by atoms with Crippen LogP contribution in [-0.2, 0) is 15.0 Å². The Kier molecular flexibility index (Phi) is 3.06. The zero-order chi connectivity index (χ0) is 13.3. The van der Waals surface area contributed by atoms with Crippen LogP contribution in [-0.4, -0.2) is 29.9 Å². The summed E-state index contributed by atoms with van der Waals surface area (Å²) in [4.78, 5) is 28.5. The van der Waals surface area contributed by atoms with Crippen LogP contribution in [0.1, 0.15) is 25.0 Å². The molecular weight excluding hydrogens is 242 g/mol. The van der Waals surface area contributed by atoms with Crippen molar-refractivity contribution in [2.24, 2.45) is 5.92 Å². The van der Waals surface area contributed by atoms with Gasteiger partial charge in [0, 0.05) is 12.6 Å². The highest BCUT2D eigenvalue weighted by Gasteiger charge is 2.54. The van der Waals surface area contributed by atoms with Gasteiger partial charge in [-0.3, -0.25) is 19.9 Å². The molecule has 2 aliphatic rings. The fourth-order valence-corrected chi connectivity index (χ4v) is 3.30. The SMILES string of the molecule is O=C1CC(c2ccccn2)(C2CCNCC2)C(=O)N1. The van der Waals surface area contributed by atoms with Gasteiger partial charge in [0.25, 0.3) is 0 Å². The first-order chi connectivity index (χ1) is 9.23. The van der Waals surface area contributed by atoms with Gasteiger partial charge in [-0.1, -0.05) is 6.07 Å². The van der Waals surface area contributed by atoms with Crippen molar-refractivity contribution < 1.29 is 9.59 Å². The maximum absolute atomic E-state index is 12.4. The van der Waals surface area contributed by atoms with Crippen LogP contribution < -0.4 is 10.6 Å². The van der Waals surface area contributed by atoms with Crippen molar-refractivity contribution in [1.29, 1.82) is 0 Å². The van der Waals surface area contributed by atoms with E-state index < -0.39 is 5.41 Å². The minimum Gasteiger partial charge on any atom is -0.317 e. The van der Waals surface area contributed by atoms with E-state index in [2.05, 4.69) is 15.6 Å². The Morgan fingerprint density at radius 1 is 1.21 bits per heavy atom. The number of hydrogen-bond acceptors (Lipinski definition) is 4. The molecule has 19 heavy (non-hydrogen) atoms. The van der Waals surface area contributed by atoms with Gasteiger partial charge in [0.05, 0.1) is 5.69 Å². The van der Waals surface area contributed by atoms with Gasteiger partial charge in [-0.05, 0) is 44.0 Å². The van der Waals surface area contributed by atoms with Crippen molar-refractivity contribution in [3.8, 4) is 0 Å². The van der Waals surface area contributed by atoms with Crippen molar-refractivity contribution in [3.63, 3.8) is 0 Å². The Labute approximate surface area is 111 Å². The number of imide groups is 1. The molecule has 0 aliphatic carbocycles. The molecule has 0 spiro atoms. The number of nitrogens with one attached hydrogen (secondary N) is 2. The van der Waals surface area contributed by atoms with Gasteiger partial charge in [-0.25, -0.2) is 0 Å². The lowest BCUT2D eigenvalue weighted by Gasteiger charge is -2.36. The van der Waals surface area contributed by atoms with Gasteiger partial charge in [-0.2, -0.15) is 0 Å². The Balaban J connectivity index is 2.05. The van der Waals surface area contributed by atoms with Gasteiger partial charge < -0.3 is 5.32 Å². The van der Waals surface area contributed by atoms with Gasteiger partial charge in [0.2, 0.25) is 11.8 Å². The first kappa shape index (κ1) is 12.3. The molecule has 2 amide bonds. The zero-order valence-electron chi connectivity index (χ0n) is 10.7. The highest BCUT2D eigenvalue weighted by molar-refractivity contribution is 6.09. The summed E-state index contributed by atoms with van der Waals surface area (Å²) in [5.74, 6) is -0.188. The molecule has 0 bridgehead atoms. The summed E-state index contributed by atoms with van der Waals surface area (Å²) in [5.41, 5.74) is -0.0364. The third-order valence-corrected chi connectivity index (χ3v) is 4.26. The van der Waals surface area contributed by atoms with E-state index in [1.165, 1.54) is 0 Å². The predicted molar refractivity (Wildman–Crippen MR) is 69.3 cm³/mol. The fraction of sp³-hybridized carbons (Fsp3) is 0.500. The summed E-state index contributed by atoms with van der Waals surface area (Å²) in [6.45, 7) is 1.78. The fourth-order valence-electron chi connectivity index (χ4n) is 3.30. The highest BCUT2D eigenvalue weighted by atomic mass is 16.2. The van der Waals surface area contributed by atoms with E-state index in [4.69, 9.17) is 0 Å². The lowest BCUT2D eigenvalue weighted by molar-refractivity contribution is -0.127. The second kappa shape index (κ2) is 4.74. The molecule has 100 valence electrons. The summed E-state index contributed by atoms with van der Waals surface area (Å²) in [5, 5.41) is 5.76. The number of amides is 2. The molecule has 5 heteroatoms. The molecule has 3 heterocycles. The number of aromatic nitrogens is 1. The third kappa shape index (κ3) is 1.94. The minimum atomic E-state index is -0.763. The highest BCUT2D eigenvalue weighted by Crippen LogP contribution is 2.42. The molecule has 5 nitrogen and oxygen atoms in total. The Morgan fingerprint density at radius 3 is 2.58 bits per heavy atom. The molecule has 0 radical (unpaired) electrons. The number of nitrogens with zero attached hydrogens (tertiary/aromatic N) is 1. The molecule has 2 saturated heterocycles. The number of carbonyl (C=O) groups is 2. The molecule has 2 aliphatic heterocycles. The average molecular weight is 259 g/mol. The zero-order valence-corrected chi connectivity index (χ0v) is 10.7. The van der Waals surface area contributed by atoms with Crippen molar-refractivity contribution in [2.45, 2.75) is 24.7 Å². The van der Waals surface area contributed by atoms with Gasteiger partial charge in [0.1, 0.15) is 5.41 Å². The van der Waals surface area contributed by atoms with Crippen LogP contribution in [0, 0.1) is 5.92 Å². The molecule has 2 fully saturated rings. The van der Waals surface area contributed by atoms with Crippen LogP contribution in [0.25, 0.3) is 0 Å². The van der Waals surface area contributed by atoms with Crippen LogP contribution in [0.4, 0.5) is 0 Å². The molecule has 0 saturated carbocycles. The normalized spacial score (nSPS) is 28.4. The van der Waals surface area contributed by atoms with Crippen molar-refractivity contribution in [1.82, 2.24) is 15.6 Å². The summed E-state index contributed by atoms with van der Waals surface area (Å²) >= 11 is 0. The summed E-state index contributed by atoms with van der Waals surface area (Å²) in [6, 6.07) is 5.57. The quantitative estimate of drug-likeness (QED) is 0.753. The van der Waals surface area contributed by atoms with E-state index >= 15 is 0 Å². The van der Waals surface area contributed by atoms with Gasteiger partial charge in [0.15, 0.2) is 0 Å². The third-order valence-electron chi connectivity index (χ3n) is 4.26. The van der Waals surface area contributed by atoms with E-state index in [-0.39, 0.29) is 24.2 Å². The molecule has 1 atom stereocenters. The average Bonchev–Trinajstić information content (AvgIpc) is 2.76. The first-order valence-corrected chi connectivity index (χ1v) is 6.70. The number of hydrogen-bond donors (Lipinski definition) is 2. The topological polar surface area (TPSA) is 71.1 Å². The van der Waals surface area contributed by atoms with Crippen molar-refractivity contribution >= 4 is 11.8 Å². The van der Waals surface area contributed by atoms with Crippen LogP contribution in [0.5, 0.6) is 0 Å². The molecule has 3 rings (SSSR count). The van der Waals surface area contributed by atoms with E-state index in [9.17, 15) is 9.59 Å². The minimum absolute atomic E-state index is 0.176. The number of carbonyl (C=O) groups excluding carboxylic acids is 2.